The number of halogens is 1. The Labute approximate surface area is 179 Å². The normalized spacial score (nSPS) is 11.7. The highest BCUT2D eigenvalue weighted by molar-refractivity contribution is 9.10. The van der Waals surface area contributed by atoms with Gasteiger partial charge in [-0.3, -0.25) is 4.79 Å². The zero-order valence-electron chi connectivity index (χ0n) is 16.5. The van der Waals surface area contributed by atoms with Crippen molar-refractivity contribution in [2.24, 2.45) is 7.05 Å². The second kappa shape index (κ2) is 10.1. The highest BCUT2D eigenvalue weighted by atomic mass is 79.9. The van der Waals surface area contributed by atoms with Crippen molar-refractivity contribution in [3.8, 4) is 11.5 Å². The molecule has 0 fully saturated rings. The molecule has 1 N–H and O–H groups in total. The van der Waals surface area contributed by atoms with Gasteiger partial charge in [0.05, 0.1) is 18.2 Å². The standard InChI is InChI=1S/C22H24BrN3O3/c1-26-13-12-24-22(26)21(16-7-5-8-17(15-16)28-2)25-20(27)11-6-14-29-19-10-4-3-9-18(19)23/h3-5,7-10,12-13,15,21H,6,11,14H2,1-2H3,(H,25,27). The minimum absolute atomic E-state index is 0.0588. The lowest BCUT2D eigenvalue weighted by Crippen LogP contribution is -2.31. The largest absolute Gasteiger partial charge is 0.497 e. The van der Waals surface area contributed by atoms with Gasteiger partial charge in [0.2, 0.25) is 5.91 Å². The maximum absolute atomic E-state index is 12.6. The molecule has 1 unspecified atom stereocenters. The van der Waals surface area contributed by atoms with Gasteiger partial charge in [0.25, 0.3) is 0 Å². The van der Waals surface area contributed by atoms with Gasteiger partial charge >= 0.3 is 0 Å². The second-order valence-corrected chi connectivity index (χ2v) is 7.41. The number of aryl methyl sites for hydroxylation is 1. The molecule has 152 valence electrons. The van der Waals surface area contributed by atoms with Gasteiger partial charge in [-0.15, -0.1) is 0 Å². The summed E-state index contributed by atoms with van der Waals surface area (Å²) in [5.74, 6) is 2.21. The quantitative estimate of drug-likeness (QED) is 0.487. The number of hydrogen-bond acceptors (Lipinski definition) is 4. The number of carbonyl (C=O) groups excluding carboxylic acids is 1. The lowest BCUT2D eigenvalue weighted by Gasteiger charge is -2.20. The molecule has 0 radical (unpaired) electrons. The van der Waals surface area contributed by atoms with Crippen LogP contribution < -0.4 is 14.8 Å². The third kappa shape index (κ3) is 5.60. The summed E-state index contributed by atoms with van der Waals surface area (Å²) in [5, 5.41) is 3.10. The van der Waals surface area contributed by atoms with Crippen molar-refractivity contribution >= 4 is 21.8 Å². The smallest absolute Gasteiger partial charge is 0.220 e. The van der Waals surface area contributed by atoms with Crippen molar-refractivity contribution in [1.82, 2.24) is 14.9 Å². The number of nitrogens with zero attached hydrogens (tertiary/aromatic N) is 2. The molecule has 0 aliphatic carbocycles. The second-order valence-electron chi connectivity index (χ2n) is 6.56. The topological polar surface area (TPSA) is 65.4 Å². The number of benzene rings is 2. The average molecular weight is 458 g/mol. The minimum atomic E-state index is -0.359. The van der Waals surface area contributed by atoms with Crippen molar-refractivity contribution < 1.29 is 14.3 Å². The summed E-state index contributed by atoms with van der Waals surface area (Å²) in [7, 11) is 3.53. The molecule has 1 heterocycles. The van der Waals surface area contributed by atoms with Gasteiger partial charge in [0, 0.05) is 25.9 Å². The van der Waals surface area contributed by atoms with E-state index in [9.17, 15) is 4.79 Å². The van der Waals surface area contributed by atoms with Gasteiger partial charge in [-0.05, 0) is 52.2 Å². The fourth-order valence-electron chi connectivity index (χ4n) is 2.98. The van der Waals surface area contributed by atoms with Crippen molar-refractivity contribution in [3.05, 3.63) is 76.8 Å². The molecule has 0 spiro atoms. The van der Waals surface area contributed by atoms with Crippen LogP contribution in [0.15, 0.2) is 65.4 Å². The van der Waals surface area contributed by atoms with Crippen LogP contribution in [0, 0.1) is 0 Å². The summed E-state index contributed by atoms with van der Waals surface area (Å²) < 4.78 is 13.9. The highest BCUT2D eigenvalue weighted by Gasteiger charge is 2.21. The van der Waals surface area contributed by atoms with Crippen LogP contribution in [0.4, 0.5) is 0 Å². The van der Waals surface area contributed by atoms with E-state index < -0.39 is 0 Å². The van der Waals surface area contributed by atoms with Crippen LogP contribution in [-0.4, -0.2) is 29.2 Å². The predicted octanol–water partition coefficient (Wildman–Crippen LogP) is 4.26. The van der Waals surface area contributed by atoms with Gasteiger partial charge < -0.3 is 19.4 Å². The summed E-state index contributed by atoms with van der Waals surface area (Å²) in [4.78, 5) is 17.0. The number of hydrogen-bond donors (Lipinski definition) is 1. The van der Waals surface area contributed by atoms with Gasteiger partial charge in [-0.25, -0.2) is 4.98 Å². The van der Waals surface area contributed by atoms with Crippen molar-refractivity contribution in [2.45, 2.75) is 18.9 Å². The Kier molecular flexibility index (Phi) is 7.30. The minimum Gasteiger partial charge on any atom is -0.497 e. The molecule has 2 aromatic carbocycles. The summed E-state index contributed by atoms with van der Waals surface area (Å²) in [5.41, 5.74) is 0.913. The van der Waals surface area contributed by atoms with E-state index in [1.807, 2.05) is 66.3 Å². The monoisotopic (exact) mass is 457 g/mol. The third-order valence-corrected chi connectivity index (χ3v) is 5.15. The fraction of sp³-hybridized carbons (Fsp3) is 0.273. The molecular formula is C22H24BrN3O3. The molecule has 0 saturated carbocycles. The lowest BCUT2D eigenvalue weighted by atomic mass is 10.1. The number of ether oxygens (including phenoxy) is 2. The van der Waals surface area contributed by atoms with Crippen LogP contribution in [0.3, 0.4) is 0 Å². The van der Waals surface area contributed by atoms with Gasteiger partial charge in [0.1, 0.15) is 23.4 Å². The molecule has 29 heavy (non-hydrogen) atoms. The third-order valence-electron chi connectivity index (χ3n) is 4.49. The number of carbonyl (C=O) groups is 1. The molecule has 0 saturated heterocycles. The van der Waals surface area contributed by atoms with E-state index in [4.69, 9.17) is 9.47 Å². The number of amides is 1. The number of para-hydroxylation sites is 1. The van der Waals surface area contributed by atoms with E-state index in [1.165, 1.54) is 0 Å². The van der Waals surface area contributed by atoms with E-state index in [-0.39, 0.29) is 11.9 Å². The van der Waals surface area contributed by atoms with Crippen LogP contribution in [0.1, 0.15) is 30.3 Å². The van der Waals surface area contributed by atoms with E-state index >= 15 is 0 Å². The summed E-state index contributed by atoms with van der Waals surface area (Å²) in [6.07, 6.45) is 4.55. The van der Waals surface area contributed by atoms with Gasteiger partial charge in [-0.1, -0.05) is 24.3 Å². The highest BCUT2D eigenvalue weighted by Crippen LogP contribution is 2.25. The summed E-state index contributed by atoms with van der Waals surface area (Å²) in [6.45, 7) is 0.461. The molecule has 0 bridgehead atoms. The molecule has 0 aliphatic heterocycles. The maximum atomic E-state index is 12.6. The zero-order chi connectivity index (χ0) is 20.6. The molecule has 6 nitrogen and oxygen atoms in total. The first-order valence-electron chi connectivity index (χ1n) is 9.36. The Morgan fingerprint density at radius 2 is 2.07 bits per heavy atom. The van der Waals surface area contributed by atoms with Gasteiger partial charge in [-0.2, -0.15) is 0 Å². The first kappa shape index (κ1) is 20.9. The molecule has 3 aromatic rings. The molecule has 0 aliphatic rings. The molecule has 1 aromatic heterocycles. The van der Waals surface area contributed by atoms with Crippen molar-refractivity contribution in [3.63, 3.8) is 0 Å². The van der Waals surface area contributed by atoms with Gasteiger partial charge in [0.15, 0.2) is 0 Å². The number of methoxy groups -OCH3 is 1. The van der Waals surface area contributed by atoms with Crippen molar-refractivity contribution in [2.75, 3.05) is 13.7 Å². The Bertz CT molecular complexity index is 958. The van der Waals surface area contributed by atoms with Crippen LogP contribution in [0.25, 0.3) is 0 Å². The first-order valence-corrected chi connectivity index (χ1v) is 10.2. The number of rotatable bonds is 9. The van der Waals surface area contributed by atoms with Crippen LogP contribution >= 0.6 is 15.9 Å². The maximum Gasteiger partial charge on any atom is 0.220 e. The molecule has 3 rings (SSSR count). The van der Waals surface area contributed by atoms with Crippen LogP contribution in [0.5, 0.6) is 11.5 Å². The van der Waals surface area contributed by atoms with Crippen LogP contribution in [0.2, 0.25) is 0 Å². The summed E-state index contributed by atoms with van der Waals surface area (Å²) in [6, 6.07) is 15.0. The Morgan fingerprint density at radius 3 is 2.79 bits per heavy atom. The van der Waals surface area contributed by atoms with Crippen molar-refractivity contribution in [1.29, 1.82) is 0 Å². The SMILES string of the molecule is COc1cccc(C(NC(=O)CCCOc2ccccc2Br)c2nccn2C)c1. The Hall–Kier alpha value is -2.80. The van der Waals surface area contributed by atoms with E-state index in [1.54, 1.807) is 13.3 Å². The zero-order valence-corrected chi connectivity index (χ0v) is 18.1. The van der Waals surface area contributed by atoms with E-state index in [0.29, 0.717) is 19.4 Å². The molecular weight excluding hydrogens is 434 g/mol. The lowest BCUT2D eigenvalue weighted by molar-refractivity contribution is -0.121. The molecule has 7 heteroatoms. The average Bonchev–Trinajstić information content (AvgIpc) is 3.16. The predicted molar refractivity (Wildman–Crippen MR) is 115 cm³/mol. The fourth-order valence-corrected chi connectivity index (χ4v) is 3.38. The number of imidazole rings is 1. The Balaban J connectivity index is 1.62. The molecule has 1 atom stereocenters. The number of aromatic nitrogens is 2. The van der Waals surface area contributed by atoms with Crippen LogP contribution in [-0.2, 0) is 11.8 Å². The van der Waals surface area contributed by atoms with E-state index in [2.05, 4.69) is 26.2 Å². The van der Waals surface area contributed by atoms with E-state index in [0.717, 1.165) is 27.4 Å². The number of nitrogens with one attached hydrogen (secondary N) is 1. The Morgan fingerprint density at radius 1 is 1.24 bits per heavy atom. The molecule has 1 amide bonds. The summed E-state index contributed by atoms with van der Waals surface area (Å²) >= 11 is 3.45. The first-order chi connectivity index (χ1) is 14.1.